The highest BCUT2D eigenvalue weighted by Crippen LogP contribution is 2.28. The van der Waals surface area contributed by atoms with Crippen LogP contribution in [0.4, 0.5) is 9.59 Å². The van der Waals surface area contributed by atoms with Crippen LogP contribution in [0.3, 0.4) is 0 Å². The van der Waals surface area contributed by atoms with E-state index in [0.29, 0.717) is 30.3 Å². The van der Waals surface area contributed by atoms with Crippen molar-refractivity contribution < 1.29 is 23.9 Å². The number of halogens is 1. The second-order valence-corrected chi connectivity index (χ2v) is 9.10. The number of rotatable bonds is 7. The summed E-state index contributed by atoms with van der Waals surface area (Å²) in [6.07, 6.45) is -0.499. The van der Waals surface area contributed by atoms with Gasteiger partial charge in [-0.15, -0.1) is 0 Å². The normalized spacial score (nSPS) is 21.7. The number of imide groups is 1. The highest BCUT2D eigenvalue weighted by Gasteiger charge is 2.34. The van der Waals surface area contributed by atoms with Crippen molar-refractivity contribution in [2.45, 2.75) is 30.8 Å². The van der Waals surface area contributed by atoms with Gasteiger partial charge in [0.05, 0.1) is 18.3 Å². The molecule has 7 nitrogen and oxygen atoms in total. The molecule has 2 aromatic rings. The van der Waals surface area contributed by atoms with Crippen LogP contribution in [0.25, 0.3) is 0 Å². The largest absolute Gasteiger partial charge is 0.489 e. The molecule has 0 radical (unpaired) electrons. The summed E-state index contributed by atoms with van der Waals surface area (Å²) in [5.74, 6) is 0.410. The van der Waals surface area contributed by atoms with E-state index in [-0.39, 0.29) is 29.4 Å². The molecule has 2 fully saturated rings. The second-order valence-electron chi connectivity index (χ2n) is 7.49. The number of ether oxygens (including phenoxy) is 2. The van der Waals surface area contributed by atoms with Crippen LogP contribution in [-0.4, -0.2) is 46.6 Å². The Morgan fingerprint density at radius 1 is 1.23 bits per heavy atom. The molecule has 0 saturated carbocycles. The minimum Gasteiger partial charge on any atom is -0.489 e. The van der Waals surface area contributed by atoms with E-state index in [9.17, 15) is 14.4 Å². The van der Waals surface area contributed by atoms with Crippen molar-refractivity contribution in [3.05, 3.63) is 64.7 Å². The van der Waals surface area contributed by atoms with E-state index in [0.717, 1.165) is 22.9 Å². The van der Waals surface area contributed by atoms with E-state index in [1.165, 1.54) is 0 Å². The summed E-state index contributed by atoms with van der Waals surface area (Å²) in [4.78, 5) is 36.8. The van der Waals surface area contributed by atoms with Crippen molar-refractivity contribution >= 4 is 40.6 Å². The average molecular weight is 461 g/mol. The van der Waals surface area contributed by atoms with Gasteiger partial charge < -0.3 is 14.4 Å². The molecule has 2 aliphatic heterocycles. The highest BCUT2D eigenvalue weighted by atomic mass is 35.5. The third-order valence-corrected chi connectivity index (χ3v) is 6.25. The molecule has 0 aliphatic carbocycles. The molecule has 2 aromatic carbocycles. The molecule has 0 bridgehead atoms. The third kappa shape index (κ3) is 5.32. The fourth-order valence-corrected chi connectivity index (χ4v) is 4.62. The minimum atomic E-state index is -0.396. The summed E-state index contributed by atoms with van der Waals surface area (Å²) in [7, 11) is 0. The van der Waals surface area contributed by atoms with Gasteiger partial charge in [0, 0.05) is 5.02 Å². The smallest absolute Gasteiger partial charge is 0.410 e. The number of carbonyl (C=O) groups is 3. The lowest BCUT2D eigenvalue weighted by molar-refractivity contribution is -0.118. The van der Waals surface area contributed by atoms with Crippen molar-refractivity contribution in [1.82, 2.24) is 10.2 Å². The van der Waals surface area contributed by atoms with Gasteiger partial charge in [0.2, 0.25) is 5.91 Å². The first kappa shape index (κ1) is 21.5. The van der Waals surface area contributed by atoms with Gasteiger partial charge in [-0.05, 0) is 48.7 Å². The second kappa shape index (κ2) is 9.20. The number of nitrogens with zero attached hydrogens (tertiary/aromatic N) is 1. The number of nitrogens with one attached hydrogen (secondary N) is 1. The fourth-order valence-electron chi connectivity index (χ4n) is 3.56. The number of hydrogen-bond donors (Lipinski definition) is 1. The van der Waals surface area contributed by atoms with E-state index >= 15 is 0 Å². The quantitative estimate of drug-likeness (QED) is 0.666. The Bertz CT molecular complexity index is 1000. The Hall–Kier alpha value is -2.71. The maximum atomic E-state index is 12.2. The highest BCUT2D eigenvalue weighted by molar-refractivity contribution is 8.15. The van der Waals surface area contributed by atoms with Crippen LogP contribution >= 0.6 is 23.4 Å². The number of cyclic esters (lactones) is 1. The zero-order valence-electron chi connectivity index (χ0n) is 16.7. The zero-order valence-corrected chi connectivity index (χ0v) is 18.3. The number of thioether (sulfide) groups is 1. The van der Waals surface area contributed by atoms with Gasteiger partial charge in [0.25, 0.3) is 5.24 Å². The van der Waals surface area contributed by atoms with E-state index < -0.39 is 5.25 Å². The van der Waals surface area contributed by atoms with Crippen molar-refractivity contribution in [3.8, 4) is 5.75 Å². The molecule has 0 spiro atoms. The Balaban J connectivity index is 1.29. The molecule has 2 heterocycles. The van der Waals surface area contributed by atoms with Crippen molar-refractivity contribution in [2.24, 2.45) is 0 Å². The fraction of sp³-hybridized carbons (Fsp3) is 0.318. The van der Waals surface area contributed by atoms with Gasteiger partial charge in [-0.2, -0.15) is 0 Å². The summed E-state index contributed by atoms with van der Waals surface area (Å²) in [6.45, 7) is 2.71. The monoisotopic (exact) mass is 460 g/mol. The summed E-state index contributed by atoms with van der Waals surface area (Å²) in [6, 6.07) is 14.7. The van der Waals surface area contributed by atoms with Crippen molar-refractivity contribution in [3.63, 3.8) is 0 Å². The topological polar surface area (TPSA) is 84.9 Å². The lowest BCUT2D eigenvalue weighted by Crippen LogP contribution is -2.34. The summed E-state index contributed by atoms with van der Waals surface area (Å²) in [5, 5.41) is 2.19. The van der Waals surface area contributed by atoms with Crippen molar-refractivity contribution in [2.75, 3.05) is 13.1 Å². The lowest BCUT2D eigenvalue weighted by Gasteiger charge is -2.20. The minimum absolute atomic E-state index is 0.245. The summed E-state index contributed by atoms with van der Waals surface area (Å²) in [5.41, 5.74) is 1.80. The maximum Gasteiger partial charge on any atom is 0.410 e. The predicted octanol–water partition coefficient (Wildman–Crippen LogP) is 4.19. The van der Waals surface area contributed by atoms with Gasteiger partial charge in [-0.25, -0.2) is 4.79 Å². The third-order valence-electron chi connectivity index (χ3n) is 5.03. The van der Waals surface area contributed by atoms with Gasteiger partial charge >= 0.3 is 6.09 Å². The van der Waals surface area contributed by atoms with E-state index in [4.69, 9.17) is 21.1 Å². The van der Waals surface area contributed by atoms with E-state index in [1.54, 1.807) is 17.0 Å². The molecule has 3 amide bonds. The molecule has 9 heteroatoms. The van der Waals surface area contributed by atoms with E-state index in [1.807, 2.05) is 43.3 Å². The van der Waals surface area contributed by atoms with Gasteiger partial charge in [0.1, 0.15) is 18.0 Å². The number of carbonyl (C=O) groups excluding carboxylic acids is 3. The number of hydrogen-bond acceptors (Lipinski definition) is 6. The van der Waals surface area contributed by atoms with Crippen LogP contribution in [0, 0.1) is 0 Å². The zero-order chi connectivity index (χ0) is 22.0. The Morgan fingerprint density at radius 3 is 2.68 bits per heavy atom. The molecule has 1 N–H and O–H groups in total. The molecule has 3 atom stereocenters. The lowest BCUT2D eigenvalue weighted by atomic mass is 10.1. The standard InChI is InChI=1S/C22H21ClN2O5S/c1-13(11-25-12-18(30-22(25)28)15-3-2-4-16(23)10-15)29-17-7-5-14(6-8-17)9-19-20(26)24-21(27)31-19/h2-8,10,13,18-19H,9,11-12H2,1H3,(H,24,26,27). The molecule has 3 unspecified atom stereocenters. The van der Waals surface area contributed by atoms with Crippen molar-refractivity contribution in [1.29, 1.82) is 0 Å². The molecule has 2 saturated heterocycles. The molecule has 162 valence electrons. The summed E-state index contributed by atoms with van der Waals surface area (Å²) < 4.78 is 11.4. The van der Waals surface area contributed by atoms with Crippen LogP contribution in [-0.2, 0) is 16.0 Å². The number of amides is 3. The molecule has 4 rings (SSSR count). The first-order chi connectivity index (χ1) is 14.9. The first-order valence-corrected chi connectivity index (χ1v) is 11.1. The van der Waals surface area contributed by atoms with Crippen LogP contribution in [0.2, 0.25) is 5.02 Å². The predicted molar refractivity (Wildman–Crippen MR) is 117 cm³/mol. The molecule has 31 heavy (non-hydrogen) atoms. The van der Waals surface area contributed by atoms with Crippen LogP contribution in [0.1, 0.15) is 24.2 Å². The first-order valence-electron chi connectivity index (χ1n) is 9.85. The number of benzene rings is 2. The van der Waals surface area contributed by atoms with Gasteiger partial charge in [-0.3, -0.25) is 14.9 Å². The molecular weight excluding hydrogens is 440 g/mol. The summed E-state index contributed by atoms with van der Waals surface area (Å²) >= 11 is 7.05. The van der Waals surface area contributed by atoms with Crippen LogP contribution < -0.4 is 10.1 Å². The van der Waals surface area contributed by atoms with Crippen LogP contribution in [0.5, 0.6) is 5.75 Å². The van der Waals surface area contributed by atoms with Crippen LogP contribution in [0.15, 0.2) is 48.5 Å². The van der Waals surface area contributed by atoms with Gasteiger partial charge in [-0.1, -0.05) is 47.6 Å². The molecular formula is C22H21ClN2O5S. The Morgan fingerprint density at radius 2 is 2.00 bits per heavy atom. The maximum absolute atomic E-state index is 12.2. The average Bonchev–Trinajstić information content (AvgIpc) is 3.24. The molecule has 2 aliphatic rings. The van der Waals surface area contributed by atoms with E-state index in [2.05, 4.69) is 5.32 Å². The molecule has 0 aromatic heterocycles. The Labute approximate surface area is 189 Å². The van der Waals surface area contributed by atoms with Gasteiger partial charge in [0.15, 0.2) is 0 Å². The Kier molecular flexibility index (Phi) is 6.38. The SMILES string of the molecule is CC(CN1CC(c2cccc(Cl)c2)OC1=O)Oc1ccc(CC2SC(=O)NC2=O)cc1.